The third kappa shape index (κ3) is 6.06. The number of nitrogens with one attached hydrogen (secondary N) is 2. The molecule has 43 heavy (non-hydrogen) atoms. The van der Waals surface area contributed by atoms with Gasteiger partial charge in [-0.1, -0.05) is 18.2 Å². The number of likely N-dealkylation sites (tertiary alicyclic amines) is 1. The fourth-order valence-electron chi connectivity index (χ4n) is 5.39. The van der Waals surface area contributed by atoms with Gasteiger partial charge >= 0.3 is 0 Å². The number of pyridine rings is 1. The molecule has 6 rings (SSSR count). The fourth-order valence-corrected chi connectivity index (χ4v) is 5.39. The Bertz CT molecular complexity index is 1710. The number of piperidine rings is 1. The van der Waals surface area contributed by atoms with Crippen LogP contribution in [0.3, 0.4) is 0 Å². The van der Waals surface area contributed by atoms with E-state index < -0.39 is 29.8 Å². The van der Waals surface area contributed by atoms with Crippen LogP contribution in [0.1, 0.15) is 32.7 Å². The van der Waals surface area contributed by atoms with Crippen molar-refractivity contribution >= 4 is 28.6 Å². The van der Waals surface area contributed by atoms with Crippen molar-refractivity contribution in [3.8, 4) is 17.2 Å². The topological polar surface area (TPSA) is 119 Å². The second kappa shape index (κ2) is 12.0. The highest BCUT2D eigenvalue weighted by atomic mass is 19.1. The molecule has 0 aliphatic carbocycles. The van der Waals surface area contributed by atoms with E-state index in [1.165, 1.54) is 25.3 Å². The quantitative estimate of drug-likeness (QED) is 0.370. The van der Waals surface area contributed by atoms with Crippen molar-refractivity contribution in [2.24, 2.45) is 0 Å². The molecule has 2 aliphatic heterocycles. The van der Waals surface area contributed by atoms with Crippen LogP contribution in [0.5, 0.6) is 17.2 Å². The number of methoxy groups -OCH3 is 1. The van der Waals surface area contributed by atoms with Gasteiger partial charge in [-0.2, -0.15) is 0 Å². The minimum Gasteiger partial charge on any atom is -0.493 e. The maximum Gasteiger partial charge on any atom is 0.258 e. The first-order valence-electron chi connectivity index (χ1n) is 13.9. The van der Waals surface area contributed by atoms with Crippen LogP contribution in [-0.2, 0) is 11.3 Å². The number of halogens is 1. The van der Waals surface area contributed by atoms with Crippen molar-refractivity contribution in [2.75, 3.05) is 26.8 Å². The number of carbonyl (C=O) groups is 3. The number of carbonyl (C=O) groups excluding carboxylic acids is 3. The van der Waals surface area contributed by atoms with Crippen LogP contribution < -0.4 is 24.8 Å². The van der Waals surface area contributed by atoms with Crippen LogP contribution in [-0.4, -0.2) is 66.6 Å². The molecule has 0 unspecified atom stereocenters. The Morgan fingerprint density at radius 1 is 1.09 bits per heavy atom. The van der Waals surface area contributed by atoms with Crippen LogP contribution in [0, 0.1) is 5.82 Å². The van der Waals surface area contributed by atoms with Crippen LogP contribution in [0.25, 0.3) is 10.9 Å². The number of aromatic nitrogens is 1. The third-order valence-electron chi connectivity index (χ3n) is 7.53. The van der Waals surface area contributed by atoms with Crippen molar-refractivity contribution in [2.45, 2.75) is 25.1 Å². The summed E-state index contributed by atoms with van der Waals surface area (Å²) < 4.78 is 31.8. The smallest absolute Gasteiger partial charge is 0.258 e. The molecule has 1 aromatic heterocycles. The van der Waals surface area contributed by atoms with Gasteiger partial charge in [0.2, 0.25) is 0 Å². The van der Waals surface area contributed by atoms with E-state index in [0.29, 0.717) is 35.4 Å². The van der Waals surface area contributed by atoms with Crippen LogP contribution >= 0.6 is 0 Å². The Morgan fingerprint density at radius 3 is 2.81 bits per heavy atom. The monoisotopic (exact) mass is 584 g/mol. The summed E-state index contributed by atoms with van der Waals surface area (Å²) in [5.41, 5.74) is 1.98. The highest BCUT2D eigenvalue weighted by Gasteiger charge is 2.35. The zero-order chi connectivity index (χ0) is 29.9. The molecule has 1 fully saturated rings. The molecule has 1 saturated heterocycles. The lowest BCUT2D eigenvalue weighted by Gasteiger charge is -2.39. The van der Waals surface area contributed by atoms with E-state index in [4.69, 9.17) is 14.2 Å². The molecule has 10 nitrogen and oxygen atoms in total. The number of ether oxygens (including phenoxy) is 3. The minimum absolute atomic E-state index is 0.0560. The molecule has 2 aliphatic rings. The Balaban J connectivity index is 1.33. The molecule has 0 radical (unpaired) electrons. The summed E-state index contributed by atoms with van der Waals surface area (Å²) >= 11 is 0. The molecule has 3 amide bonds. The summed E-state index contributed by atoms with van der Waals surface area (Å²) in [6.45, 7) is 0.223. The molecular weight excluding hydrogens is 555 g/mol. The molecule has 3 aromatic carbocycles. The number of amides is 3. The second-order valence-electron chi connectivity index (χ2n) is 10.4. The number of benzene rings is 3. The van der Waals surface area contributed by atoms with E-state index in [1.807, 2.05) is 24.3 Å². The molecule has 11 heteroatoms. The minimum atomic E-state index is -0.635. The Kier molecular flexibility index (Phi) is 7.78. The van der Waals surface area contributed by atoms with Crippen molar-refractivity contribution in [3.63, 3.8) is 0 Å². The third-order valence-corrected chi connectivity index (χ3v) is 7.53. The molecule has 2 atom stereocenters. The van der Waals surface area contributed by atoms with Crippen LogP contribution in [0.2, 0.25) is 0 Å². The van der Waals surface area contributed by atoms with Crippen LogP contribution in [0.4, 0.5) is 4.39 Å². The predicted octanol–water partition coefficient (Wildman–Crippen LogP) is 3.48. The van der Waals surface area contributed by atoms with E-state index in [-0.39, 0.29) is 42.7 Å². The SMILES string of the molecule is COc1ccc2cc1OCC(=O)NCc1cc(F)cc(c1)O[C@@H]1CCN(C(=O)c3ccnc4ccccc34)C[C@@H]1NC2=O. The van der Waals surface area contributed by atoms with Gasteiger partial charge in [-0.3, -0.25) is 19.4 Å². The van der Waals surface area contributed by atoms with Gasteiger partial charge in [0.15, 0.2) is 18.1 Å². The Morgan fingerprint density at radius 2 is 1.95 bits per heavy atom. The molecule has 4 aromatic rings. The maximum absolute atomic E-state index is 14.6. The van der Waals surface area contributed by atoms with E-state index >= 15 is 0 Å². The molecule has 4 bridgehead atoms. The number of hydrogen-bond acceptors (Lipinski definition) is 7. The van der Waals surface area contributed by atoms with Gasteiger partial charge in [0.05, 0.1) is 24.2 Å². The zero-order valence-corrected chi connectivity index (χ0v) is 23.3. The molecule has 220 valence electrons. The summed E-state index contributed by atoms with van der Waals surface area (Å²) in [6, 6.07) is 17.3. The lowest BCUT2D eigenvalue weighted by Crippen LogP contribution is -2.58. The Labute approximate surface area is 246 Å². The second-order valence-corrected chi connectivity index (χ2v) is 10.4. The summed E-state index contributed by atoms with van der Waals surface area (Å²) in [4.78, 5) is 45.8. The number of rotatable bonds is 2. The lowest BCUT2D eigenvalue weighted by atomic mass is 9.99. The van der Waals surface area contributed by atoms with E-state index in [0.717, 1.165) is 5.39 Å². The number of para-hydroxylation sites is 1. The molecule has 2 N–H and O–H groups in total. The lowest BCUT2D eigenvalue weighted by molar-refractivity contribution is -0.123. The first-order valence-corrected chi connectivity index (χ1v) is 13.9. The Hall–Kier alpha value is -5.19. The summed E-state index contributed by atoms with van der Waals surface area (Å²) in [6.07, 6.45) is 1.40. The van der Waals surface area contributed by atoms with Crippen LogP contribution in [0.15, 0.2) is 72.9 Å². The van der Waals surface area contributed by atoms with Gasteiger partial charge in [0, 0.05) is 49.3 Å². The van der Waals surface area contributed by atoms with Crippen molar-refractivity contribution < 1.29 is 33.0 Å². The largest absolute Gasteiger partial charge is 0.493 e. The van der Waals surface area contributed by atoms with E-state index in [2.05, 4.69) is 15.6 Å². The zero-order valence-electron chi connectivity index (χ0n) is 23.3. The van der Waals surface area contributed by atoms with Gasteiger partial charge in [0.25, 0.3) is 17.7 Å². The summed E-state index contributed by atoms with van der Waals surface area (Å²) in [5.74, 6) is -0.785. The average molecular weight is 585 g/mol. The number of fused-ring (bicyclic) bond motifs is 6. The van der Waals surface area contributed by atoms with E-state index in [9.17, 15) is 18.8 Å². The first kappa shape index (κ1) is 28.0. The van der Waals surface area contributed by atoms with Gasteiger partial charge in [-0.15, -0.1) is 0 Å². The predicted molar refractivity (Wildman–Crippen MR) is 155 cm³/mol. The fraction of sp³-hybridized carbons (Fsp3) is 0.250. The normalized spacial score (nSPS) is 18.9. The van der Waals surface area contributed by atoms with Crippen molar-refractivity contribution in [1.82, 2.24) is 20.5 Å². The molecule has 0 saturated carbocycles. The van der Waals surface area contributed by atoms with Gasteiger partial charge in [-0.25, -0.2) is 4.39 Å². The van der Waals surface area contributed by atoms with Crippen molar-refractivity contribution in [3.05, 3.63) is 95.4 Å². The molecule has 0 spiro atoms. The number of hydrogen-bond donors (Lipinski definition) is 2. The highest BCUT2D eigenvalue weighted by molar-refractivity contribution is 6.06. The summed E-state index contributed by atoms with van der Waals surface area (Å²) in [7, 11) is 1.46. The van der Waals surface area contributed by atoms with E-state index in [1.54, 1.807) is 35.4 Å². The van der Waals surface area contributed by atoms with Gasteiger partial charge in [0.1, 0.15) is 17.7 Å². The van der Waals surface area contributed by atoms with Gasteiger partial charge in [-0.05, 0) is 48.0 Å². The first-order chi connectivity index (χ1) is 20.9. The van der Waals surface area contributed by atoms with Gasteiger partial charge < -0.3 is 29.7 Å². The van der Waals surface area contributed by atoms with Crippen molar-refractivity contribution in [1.29, 1.82) is 0 Å². The highest BCUT2D eigenvalue weighted by Crippen LogP contribution is 2.29. The average Bonchev–Trinajstić information content (AvgIpc) is 3.02. The standard InChI is InChI=1S/C32H29FN4O6/c1-41-28-7-6-20-14-29(28)42-18-30(38)35-16-19-12-21(33)15-22(13-19)43-27-9-11-37(17-26(27)36-31(20)39)32(40)24-8-10-34-25-5-3-2-4-23(24)25/h2-8,10,12-15,26-27H,9,11,16-18H2,1H3,(H,35,38)(H,36,39)/t26-,27+/m0/s1. The summed E-state index contributed by atoms with van der Waals surface area (Å²) in [5, 5.41) is 6.45. The maximum atomic E-state index is 14.6. The molecular formula is C32H29FN4O6. The number of nitrogens with zero attached hydrogens (tertiary/aromatic N) is 2. The molecule has 3 heterocycles.